The number of nitrogen functional groups attached to an aromatic ring is 1. The number of halogens is 2. The third-order valence-corrected chi connectivity index (χ3v) is 3.47. The zero-order valence-corrected chi connectivity index (χ0v) is 12.9. The first-order valence-electron chi connectivity index (χ1n) is 5.30. The van der Waals surface area contributed by atoms with Crippen molar-refractivity contribution < 1.29 is 0 Å². The molecule has 1 aromatic heterocycles. The van der Waals surface area contributed by atoms with Crippen LogP contribution in [-0.2, 0) is 6.54 Å². The van der Waals surface area contributed by atoms with E-state index in [2.05, 4.69) is 54.0 Å². The average Bonchev–Trinajstić information content (AvgIpc) is 2.32. The van der Waals surface area contributed by atoms with Gasteiger partial charge in [0, 0.05) is 24.3 Å². The first kappa shape index (κ1) is 13.3. The van der Waals surface area contributed by atoms with Crippen molar-refractivity contribution in [2.45, 2.75) is 6.54 Å². The van der Waals surface area contributed by atoms with Crippen LogP contribution >= 0.6 is 31.9 Å². The fourth-order valence-corrected chi connectivity index (χ4v) is 2.56. The van der Waals surface area contributed by atoms with E-state index in [1.165, 1.54) is 5.56 Å². The van der Waals surface area contributed by atoms with Crippen molar-refractivity contribution in [2.75, 3.05) is 17.7 Å². The lowest BCUT2D eigenvalue weighted by atomic mass is 10.2. The highest BCUT2D eigenvalue weighted by atomic mass is 79.9. The molecule has 1 aromatic carbocycles. The van der Waals surface area contributed by atoms with Crippen molar-refractivity contribution in [3.8, 4) is 0 Å². The lowest BCUT2D eigenvalue weighted by molar-refractivity contribution is 0.888. The van der Waals surface area contributed by atoms with E-state index in [1.807, 2.05) is 24.1 Å². The summed E-state index contributed by atoms with van der Waals surface area (Å²) >= 11 is 6.89. The van der Waals surface area contributed by atoms with Gasteiger partial charge in [0.25, 0.3) is 0 Å². The zero-order valence-electron chi connectivity index (χ0n) is 9.77. The van der Waals surface area contributed by atoms with Crippen LogP contribution in [-0.4, -0.2) is 17.0 Å². The fraction of sp³-hybridized carbons (Fsp3) is 0.167. The molecule has 0 atom stereocenters. The van der Waals surface area contributed by atoms with Crippen LogP contribution in [0.2, 0.25) is 0 Å². The third-order valence-electron chi connectivity index (χ3n) is 2.41. The van der Waals surface area contributed by atoms with Crippen LogP contribution in [0.5, 0.6) is 0 Å². The Hall–Kier alpha value is -1.14. The van der Waals surface area contributed by atoms with Crippen LogP contribution in [0, 0.1) is 0 Å². The standard InChI is InChI=1S/C12H12Br2N4/c1-18(7-8-3-2-4-9(13)5-8)11-10(14)6-16-12(15)17-11/h2-6H,7H2,1H3,(H2,15,16,17). The normalized spacial score (nSPS) is 10.4. The van der Waals surface area contributed by atoms with Crippen LogP contribution < -0.4 is 10.6 Å². The zero-order chi connectivity index (χ0) is 13.1. The molecule has 4 nitrogen and oxygen atoms in total. The lowest BCUT2D eigenvalue weighted by Crippen LogP contribution is -2.19. The van der Waals surface area contributed by atoms with Crippen molar-refractivity contribution in [3.05, 3.63) is 45.0 Å². The van der Waals surface area contributed by atoms with Gasteiger partial charge in [-0.05, 0) is 33.6 Å². The smallest absolute Gasteiger partial charge is 0.222 e. The summed E-state index contributed by atoms with van der Waals surface area (Å²) < 4.78 is 1.89. The maximum atomic E-state index is 5.61. The monoisotopic (exact) mass is 370 g/mol. The van der Waals surface area contributed by atoms with Crippen molar-refractivity contribution in [2.24, 2.45) is 0 Å². The first-order chi connectivity index (χ1) is 8.56. The minimum Gasteiger partial charge on any atom is -0.368 e. The Morgan fingerprint density at radius 3 is 2.83 bits per heavy atom. The van der Waals surface area contributed by atoms with Gasteiger partial charge < -0.3 is 10.6 Å². The Labute approximate surface area is 122 Å². The largest absolute Gasteiger partial charge is 0.368 e. The molecular formula is C12H12Br2N4. The summed E-state index contributed by atoms with van der Waals surface area (Å²) in [6.07, 6.45) is 1.66. The maximum absolute atomic E-state index is 5.61. The van der Waals surface area contributed by atoms with E-state index >= 15 is 0 Å². The predicted octanol–water partition coefficient (Wildman–Crippen LogP) is 3.22. The van der Waals surface area contributed by atoms with E-state index in [9.17, 15) is 0 Å². The highest BCUT2D eigenvalue weighted by Crippen LogP contribution is 2.24. The molecule has 18 heavy (non-hydrogen) atoms. The highest BCUT2D eigenvalue weighted by Gasteiger charge is 2.09. The number of nitrogens with zero attached hydrogens (tertiary/aromatic N) is 3. The van der Waals surface area contributed by atoms with Crippen LogP contribution in [0.3, 0.4) is 0 Å². The number of hydrogen-bond acceptors (Lipinski definition) is 4. The third kappa shape index (κ3) is 3.20. The summed E-state index contributed by atoms with van der Waals surface area (Å²) in [6.45, 7) is 0.745. The summed E-state index contributed by atoms with van der Waals surface area (Å²) in [5, 5.41) is 0. The molecule has 0 aliphatic carbocycles. The second kappa shape index (κ2) is 5.67. The minimum atomic E-state index is 0.272. The lowest BCUT2D eigenvalue weighted by Gasteiger charge is -2.19. The van der Waals surface area contributed by atoms with Crippen molar-refractivity contribution in [1.29, 1.82) is 0 Å². The van der Waals surface area contributed by atoms with Gasteiger partial charge in [-0.3, -0.25) is 0 Å². The number of hydrogen-bond donors (Lipinski definition) is 1. The van der Waals surface area contributed by atoms with Gasteiger partial charge in [-0.2, -0.15) is 4.98 Å². The van der Waals surface area contributed by atoms with Gasteiger partial charge in [0.05, 0.1) is 4.47 Å². The fourth-order valence-electron chi connectivity index (χ4n) is 1.62. The van der Waals surface area contributed by atoms with Gasteiger partial charge in [0.1, 0.15) is 5.82 Å². The summed E-state index contributed by atoms with van der Waals surface area (Å²) in [4.78, 5) is 10.2. The van der Waals surface area contributed by atoms with E-state index in [4.69, 9.17) is 5.73 Å². The molecule has 0 radical (unpaired) electrons. The maximum Gasteiger partial charge on any atom is 0.222 e. The molecule has 0 fully saturated rings. The Balaban J connectivity index is 2.21. The second-order valence-electron chi connectivity index (χ2n) is 3.89. The molecule has 2 N–H and O–H groups in total. The first-order valence-corrected chi connectivity index (χ1v) is 6.88. The van der Waals surface area contributed by atoms with Gasteiger partial charge in [0.2, 0.25) is 5.95 Å². The summed E-state index contributed by atoms with van der Waals surface area (Å²) in [7, 11) is 1.97. The van der Waals surface area contributed by atoms with E-state index in [1.54, 1.807) is 6.20 Å². The number of aromatic nitrogens is 2. The summed E-state index contributed by atoms with van der Waals surface area (Å²) in [5.41, 5.74) is 6.80. The van der Waals surface area contributed by atoms with Crippen molar-refractivity contribution >= 4 is 43.6 Å². The Morgan fingerprint density at radius 2 is 2.11 bits per heavy atom. The van der Waals surface area contributed by atoms with E-state index < -0.39 is 0 Å². The SMILES string of the molecule is CN(Cc1cccc(Br)c1)c1nc(N)ncc1Br. The Morgan fingerprint density at radius 1 is 1.33 bits per heavy atom. The quantitative estimate of drug-likeness (QED) is 0.899. The van der Waals surface area contributed by atoms with Crippen molar-refractivity contribution in [1.82, 2.24) is 9.97 Å². The summed E-state index contributed by atoms with van der Waals surface area (Å²) in [6, 6.07) is 8.16. The molecule has 0 saturated heterocycles. The van der Waals surface area contributed by atoms with Gasteiger partial charge in [-0.1, -0.05) is 28.1 Å². The molecule has 0 bridgehead atoms. The van der Waals surface area contributed by atoms with Gasteiger partial charge in [0.15, 0.2) is 0 Å². The number of anilines is 2. The van der Waals surface area contributed by atoms with Gasteiger partial charge in [-0.15, -0.1) is 0 Å². The van der Waals surface area contributed by atoms with E-state index in [-0.39, 0.29) is 5.95 Å². The van der Waals surface area contributed by atoms with Crippen LogP contribution in [0.1, 0.15) is 5.56 Å². The number of benzene rings is 1. The van der Waals surface area contributed by atoms with E-state index in [0.717, 1.165) is 21.3 Å². The molecule has 0 aliphatic rings. The van der Waals surface area contributed by atoms with Crippen LogP contribution in [0.4, 0.5) is 11.8 Å². The second-order valence-corrected chi connectivity index (χ2v) is 5.66. The molecule has 0 spiro atoms. The number of rotatable bonds is 3. The van der Waals surface area contributed by atoms with Crippen LogP contribution in [0.25, 0.3) is 0 Å². The minimum absolute atomic E-state index is 0.272. The Kier molecular flexibility index (Phi) is 4.19. The van der Waals surface area contributed by atoms with E-state index in [0.29, 0.717) is 0 Å². The van der Waals surface area contributed by atoms with Crippen molar-refractivity contribution in [3.63, 3.8) is 0 Å². The molecule has 1 heterocycles. The van der Waals surface area contributed by atoms with Crippen LogP contribution in [0.15, 0.2) is 39.4 Å². The molecule has 2 rings (SSSR count). The highest BCUT2D eigenvalue weighted by molar-refractivity contribution is 9.10. The van der Waals surface area contributed by atoms with Gasteiger partial charge >= 0.3 is 0 Å². The molecule has 2 aromatic rings. The summed E-state index contributed by atoms with van der Waals surface area (Å²) in [5.74, 6) is 1.05. The molecule has 0 unspecified atom stereocenters. The van der Waals surface area contributed by atoms with Gasteiger partial charge in [-0.25, -0.2) is 4.98 Å². The average molecular weight is 372 g/mol. The molecule has 0 saturated carbocycles. The molecule has 0 aliphatic heterocycles. The predicted molar refractivity (Wildman–Crippen MR) is 80.4 cm³/mol. The number of nitrogens with two attached hydrogens (primary N) is 1. The molecular weight excluding hydrogens is 360 g/mol. The topological polar surface area (TPSA) is 55.0 Å². The Bertz CT molecular complexity index is 560. The molecule has 0 amide bonds. The molecule has 94 valence electrons. The molecule has 6 heteroatoms.